The van der Waals surface area contributed by atoms with Crippen molar-refractivity contribution in [1.82, 2.24) is 10.2 Å². The number of ether oxygens (including phenoxy) is 1. The second kappa shape index (κ2) is 6.24. The van der Waals surface area contributed by atoms with Crippen LogP contribution in [-0.2, 0) is 4.74 Å². The Morgan fingerprint density at radius 1 is 1.47 bits per heavy atom. The fourth-order valence-corrected chi connectivity index (χ4v) is 2.07. The van der Waals surface area contributed by atoms with Gasteiger partial charge in [-0.15, -0.1) is 0 Å². The monoisotopic (exact) mass is 242 g/mol. The molecule has 1 N–H and O–H groups in total. The van der Waals surface area contributed by atoms with E-state index in [1.54, 1.807) is 0 Å². The fourth-order valence-electron chi connectivity index (χ4n) is 2.07. The lowest BCUT2D eigenvalue weighted by molar-refractivity contribution is 0.0167. The summed E-state index contributed by atoms with van der Waals surface area (Å²) in [5.74, 6) is 0.566. The maximum Gasteiger partial charge on any atom is 0.410 e. The number of piperidine rings is 1. The summed E-state index contributed by atoms with van der Waals surface area (Å²) in [6.07, 6.45) is 2.11. The van der Waals surface area contributed by atoms with Crippen LogP contribution in [0.3, 0.4) is 0 Å². The van der Waals surface area contributed by atoms with Crippen molar-refractivity contribution in [2.75, 3.05) is 26.2 Å². The van der Waals surface area contributed by atoms with Crippen molar-refractivity contribution in [1.29, 1.82) is 0 Å². The highest BCUT2D eigenvalue weighted by Crippen LogP contribution is 2.18. The molecule has 1 rings (SSSR count). The Morgan fingerprint density at radius 2 is 2.18 bits per heavy atom. The molecule has 100 valence electrons. The molecule has 0 aliphatic carbocycles. The Labute approximate surface area is 105 Å². The molecule has 1 fully saturated rings. The number of carbonyl (C=O) groups is 1. The van der Waals surface area contributed by atoms with Crippen LogP contribution in [0.4, 0.5) is 4.79 Å². The van der Waals surface area contributed by atoms with Gasteiger partial charge in [0.2, 0.25) is 0 Å². The van der Waals surface area contributed by atoms with Crippen LogP contribution in [0.15, 0.2) is 0 Å². The van der Waals surface area contributed by atoms with Crippen molar-refractivity contribution in [3.05, 3.63) is 0 Å². The number of hydrogen-bond acceptors (Lipinski definition) is 3. The van der Waals surface area contributed by atoms with Gasteiger partial charge in [-0.2, -0.15) is 0 Å². The molecule has 4 nitrogen and oxygen atoms in total. The van der Waals surface area contributed by atoms with Crippen LogP contribution >= 0.6 is 0 Å². The molecule has 0 aromatic carbocycles. The first-order valence-electron chi connectivity index (χ1n) is 6.61. The van der Waals surface area contributed by atoms with Crippen LogP contribution in [-0.4, -0.2) is 42.8 Å². The zero-order valence-corrected chi connectivity index (χ0v) is 11.6. The minimum absolute atomic E-state index is 0.168. The lowest BCUT2D eigenvalue weighted by Crippen LogP contribution is -2.45. The van der Waals surface area contributed by atoms with Crippen molar-refractivity contribution in [3.63, 3.8) is 0 Å². The predicted molar refractivity (Wildman–Crippen MR) is 69.1 cm³/mol. The fraction of sp³-hybridized carbons (Fsp3) is 0.923. The minimum Gasteiger partial charge on any atom is -0.444 e. The SMILES string of the molecule is CCNC[C@H]1CCCN(C(=O)OC(C)(C)C)C1. The molecule has 4 heteroatoms. The van der Waals surface area contributed by atoms with Crippen molar-refractivity contribution in [3.8, 4) is 0 Å². The van der Waals surface area contributed by atoms with Gasteiger partial charge >= 0.3 is 6.09 Å². The number of hydrogen-bond donors (Lipinski definition) is 1. The van der Waals surface area contributed by atoms with E-state index in [-0.39, 0.29) is 6.09 Å². The van der Waals surface area contributed by atoms with Crippen LogP contribution < -0.4 is 5.32 Å². The quantitative estimate of drug-likeness (QED) is 0.825. The molecule has 1 saturated heterocycles. The van der Waals surface area contributed by atoms with E-state index in [4.69, 9.17) is 4.74 Å². The third-order valence-corrected chi connectivity index (χ3v) is 2.85. The highest BCUT2D eigenvalue weighted by Gasteiger charge is 2.27. The number of likely N-dealkylation sites (tertiary alicyclic amines) is 1. The van der Waals surface area contributed by atoms with Crippen LogP contribution in [0.25, 0.3) is 0 Å². The molecule has 0 aromatic rings. The van der Waals surface area contributed by atoms with E-state index in [0.29, 0.717) is 5.92 Å². The molecule has 1 aliphatic heterocycles. The molecule has 0 spiro atoms. The molecule has 0 saturated carbocycles. The summed E-state index contributed by atoms with van der Waals surface area (Å²) in [6.45, 7) is 11.5. The molecule has 0 radical (unpaired) electrons. The number of nitrogens with one attached hydrogen (secondary N) is 1. The molecule has 0 aromatic heterocycles. The van der Waals surface area contributed by atoms with E-state index in [9.17, 15) is 4.79 Å². The maximum atomic E-state index is 11.9. The van der Waals surface area contributed by atoms with Crippen molar-refractivity contribution in [2.45, 2.75) is 46.1 Å². The van der Waals surface area contributed by atoms with Crippen LogP contribution in [0.5, 0.6) is 0 Å². The number of nitrogens with zero attached hydrogens (tertiary/aromatic N) is 1. The molecule has 1 heterocycles. The average molecular weight is 242 g/mol. The summed E-state index contributed by atoms with van der Waals surface area (Å²) in [5, 5.41) is 3.35. The van der Waals surface area contributed by atoms with Crippen molar-refractivity contribution >= 4 is 6.09 Å². The smallest absolute Gasteiger partial charge is 0.410 e. The zero-order valence-electron chi connectivity index (χ0n) is 11.6. The molecular formula is C13H26N2O2. The highest BCUT2D eigenvalue weighted by molar-refractivity contribution is 5.68. The topological polar surface area (TPSA) is 41.6 Å². The summed E-state index contributed by atoms with van der Waals surface area (Å²) in [6, 6.07) is 0. The first kappa shape index (κ1) is 14.3. The third kappa shape index (κ3) is 5.39. The van der Waals surface area contributed by atoms with E-state index in [0.717, 1.165) is 32.6 Å². The van der Waals surface area contributed by atoms with Gasteiger partial charge in [0.25, 0.3) is 0 Å². The first-order chi connectivity index (χ1) is 7.92. The van der Waals surface area contributed by atoms with Gasteiger partial charge in [-0.25, -0.2) is 4.79 Å². The molecule has 0 unspecified atom stereocenters. The Kier molecular flexibility index (Phi) is 5.25. The normalized spacial score (nSPS) is 21.4. The largest absolute Gasteiger partial charge is 0.444 e. The van der Waals surface area contributed by atoms with Gasteiger partial charge in [0.1, 0.15) is 5.60 Å². The maximum absolute atomic E-state index is 11.9. The Hall–Kier alpha value is -0.770. The second-order valence-corrected chi connectivity index (χ2v) is 5.74. The second-order valence-electron chi connectivity index (χ2n) is 5.74. The molecule has 17 heavy (non-hydrogen) atoms. The average Bonchev–Trinajstić information content (AvgIpc) is 2.24. The van der Waals surface area contributed by atoms with Gasteiger partial charge in [0.15, 0.2) is 0 Å². The van der Waals surface area contributed by atoms with Gasteiger partial charge in [0.05, 0.1) is 0 Å². The number of carbonyl (C=O) groups excluding carboxylic acids is 1. The summed E-state index contributed by atoms with van der Waals surface area (Å²) < 4.78 is 5.40. The van der Waals surface area contributed by atoms with Crippen molar-refractivity contribution in [2.24, 2.45) is 5.92 Å². The summed E-state index contributed by atoms with van der Waals surface area (Å²) >= 11 is 0. The molecule has 1 amide bonds. The lowest BCUT2D eigenvalue weighted by atomic mass is 9.98. The molecule has 1 atom stereocenters. The van der Waals surface area contributed by atoms with E-state index in [2.05, 4.69) is 12.2 Å². The number of amides is 1. The van der Waals surface area contributed by atoms with E-state index < -0.39 is 5.60 Å². The third-order valence-electron chi connectivity index (χ3n) is 2.85. The first-order valence-corrected chi connectivity index (χ1v) is 6.61. The van der Waals surface area contributed by atoms with Crippen LogP contribution in [0.2, 0.25) is 0 Å². The Balaban J connectivity index is 2.40. The predicted octanol–water partition coefficient (Wildman–Crippen LogP) is 2.24. The van der Waals surface area contributed by atoms with Gasteiger partial charge in [-0.1, -0.05) is 6.92 Å². The van der Waals surface area contributed by atoms with Gasteiger partial charge in [-0.3, -0.25) is 0 Å². The summed E-state index contributed by atoms with van der Waals surface area (Å²) in [4.78, 5) is 13.8. The molecule has 1 aliphatic rings. The summed E-state index contributed by atoms with van der Waals surface area (Å²) in [7, 11) is 0. The van der Waals surface area contributed by atoms with Gasteiger partial charge in [-0.05, 0) is 52.6 Å². The van der Waals surface area contributed by atoms with E-state index >= 15 is 0 Å². The highest BCUT2D eigenvalue weighted by atomic mass is 16.6. The standard InChI is InChI=1S/C13H26N2O2/c1-5-14-9-11-7-6-8-15(10-11)12(16)17-13(2,3)4/h11,14H,5-10H2,1-4H3/t11-/m1/s1. The van der Waals surface area contributed by atoms with Gasteiger partial charge < -0.3 is 15.0 Å². The van der Waals surface area contributed by atoms with Gasteiger partial charge in [0, 0.05) is 13.1 Å². The molecular weight excluding hydrogens is 216 g/mol. The summed E-state index contributed by atoms with van der Waals surface area (Å²) in [5.41, 5.74) is -0.397. The van der Waals surface area contributed by atoms with Crippen LogP contribution in [0, 0.1) is 5.92 Å². The Bertz CT molecular complexity index is 248. The zero-order chi connectivity index (χ0) is 12.9. The Morgan fingerprint density at radius 3 is 2.76 bits per heavy atom. The van der Waals surface area contributed by atoms with E-state index in [1.807, 2.05) is 25.7 Å². The molecule has 0 bridgehead atoms. The van der Waals surface area contributed by atoms with Crippen LogP contribution in [0.1, 0.15) is 40.5 Å². The lowest BCUT2D eigenvalue weighted by Gasteiger charge is -2.34. The number of rotatable bonds is 3. The van der Waals surface area contributed by atoms with E-state index in [1.165, 1.54) is 6.42 Å². The van der Waals surface area contributed by atoms with Crippen molar-refractivity contribution < 1.29 is 9.53 Å². The minimum atomic E-state index is -0.397.